The predicted molar refractivity (Wildman–Crippen MR) is 89.8 cm³/mol. The highest BCUT2D eigenvalue weighted by atomic mass is 19.4. The summed E-state index contributed by atoms with van der Waals surface area (Å²) in [7, 11) is 0. The van der Waals surface area contributed by atoms with Crippen molar-refractivity contribution in [1.29, 1.82) is 0 Å². The molecule has 26 heavy (non-hydrogen) atoms. The maximum Gasteiger partial charge on any atom is 0.573 e. The van der Waals surface area contributed by atoms with Crippen molar-refractivity contribution in [3.8, 4) is 22.8 Å². The number of pyridine rings is 1. The van der Waals surface area contributed by atoms with E-state index >= 15 is 0 Å². The lowest BCUT2D eigenvalue weighted by molar-refractivity contribution is -0.274. The smallest absolute Gasteiger partial charge is 0.438 e. The van der Waals surface area contributed by atoms with Crippen molar-refractivity contribution >= 4 is 5.82 Å². The van der Waals surface area contributed by atoms with Gasteiger partial charge in [0.15, 0.2) is 17.5 Å². The Bertz CT molecular complexity index is 804. The van der Waals surface area contributed by atoms with Crippen LogP contribution in [0.2, 0.25) is 0 Å². The average Bonchev–Trinajstić information content (AvgIpc) is 2.86. The van der Waals surface area contributed by atoms with Gasteiger partial charge in [-0.15, -0.1) is 13.2 Å². The first kappa shape index (κ1) is 18.1. The Labute approximate surface area is 148 Å². The minimum atomic E-state index is -4.73. The summed E-state index contributed by atoms with van der Waals surface area (Å²) in [5.41, 5.74) is 1.21. The van der Waals surface area contributed by atoms with Gasteiger partial charge >= 0.3 is 6.36 Å². The molecule has 1 aliphatic heterocycles. The van der Waals surface area contributed by atoms with Crippen LogP contribution in [0.3, 0.4) is 0 Å². The molecule has 3 rings (SSSR count). The number of aromatic nitrogens is 1. The number of aliphatic hydroxyl groups is 1. The fourth-order valence-electron chi connectivity index (χ4n) is 2.54. The van der Waals surface area contributed by atoms with Gasteiger partial charge in [-0.05, 0) is 56.3 Å². The van der Waals surface area contributed by atoms with E-state index in [0.717, 1.165) is 0 Å². The molecule has 2 aromatic rings. The third-order valence-electron chi connectivity index (χ3n) is 3.78. The Balaban J connectivity index is 1.83. The molecule has 0 aliphatic carbocycles. The number of anilines is 1. The molecule has 1 unspecified atom stereocenters. The van der Waals surface area contributed by atoms with Crippen LogP contribution >= 0.6 is 0 Å². The fourth-order valence-corrected chi connectivity index (χ4v) is 2.54. The SMILES string of the molecule is C=C1Oc2ccc(-c3ccc(OC(F)(F)F)cc3)nc2N1CCC(C)O. The van der Waals surface area contributed by atoms with E-state index in [1.807, 2.05) is 0 Å². The van der Waals surface area contributed by atoms with Crippen LogP contribution in [0, 0.1) is 0 Å². The molecule has 0 spiro atoms. The normalized spacial score (nSPS) is 14.8. The van der Waals surface area contributed by atoms with Crippen molar-refractivity contribution in [2.75, 3.05) is 11.4 Å². The first-order valence-corrected chi connectivity index (χ1v) is 7.92. The maximum absolute atomic E-state index is 12.2. The van der Waals surface area contributed by atoms with Gasteiger partial charge in [-0.1, -0.05) is 0 Å². The van der Waals surface area contributed by atoms with Crippen LogP contribution in [-0.2, 0) is 0 Å². The molecule has 138 valence electrons. The number of hydrogen-bond donors (Lipinski definition) is 1. The Hall–Kier alpha value is -2.74. The summed E-state index contributed by atoms with van der Waals surface area (Å²) in [4.78, 5) is 6.29. The van der Waals surface area contributed by atoms with Crippen molar-refractivity contribution in [3.05, 3.63) is 48.9 Å². The molecule has 1 aromatic carbocycles. The number of alkyl halides is 3. The molecule has 1 N–H and O–H groups in total. The van der Waals surface area contributed by atoms with Gasteiger partial charge in [0.2, 0.25) is 0 Å². The second-order valence-electron chi connectivity index (χ2n) is 5.88. The maximum atomic E-state index is 12.2. The molecule has 1 aliphatic rings. The third-order valence-corrected chi connectivity index (χ3v) is 3.78. The number of ether oxygens (including phenoxy) is 2. The van der Waals surface area contributed by atoms with E-state index in [-0.39, 0.29) is 5.75 Å². The van der Waals surface area contributed by atoms with Crippen LogP contribution in [0.25, 0.3) is 11.3 Å². The number of benzene rings is 1. The first-order valence-electron chi connectivity index (χ1n) is 7.92. The molecule has 8 heteroatoms. The van der Waals surface area contributed by atoms with Gasteiger partial charge in [0, 0.05) is 12.1 Å². The summed E-state index contributed by atoms with van der Waals surface area (Å²) in [6.45, 7) is 6.01. The molecule has 2 heterocycles. The molecule has 5 nitrogen and oxygen atoms in total. The number of fused-ring (bicyclic) bond motifs is 1. The zero-order valence-corrected chi connectivity index (χ0v) is 14.0. The third kappa shape index (κ3) is 4.08. The summed E-state index contributed by atoms with van der Waals surface area (Å²) in [6.07, 6.45) is -4.69. The first-order chi connectivity index (χ1) is 12.2. The van der Waals surface area contributed by atoms with Crippen molar-refractivity contribution in [3.63, 3.8) is 0 Å². The van der Waals surface area contributed by atoms with Crippen molar-refractivity contribution in [2.45, 2.75) is 25.8 Å². The van der Waals surface area contributed by atoms with E-state index < -0.39 is 12.5 Å². The average molecular weight is 366 g/mol. The van der Waals surface area contributed by atoms with Crippen molar-refractivity contribution < 1.29 is 27.8 Å². The second kappa shape index (κ2) is 6.87. The lowest BCUT2D eigenvalue weighted by atomic mass is 10.1. The lowest BCUT2D eigenvalue weighted by Crippen LogP contribution is -2.24. The predicted octanol–water partition coefficient (Wildman–Crippen LogP) is 4.09. The fraction of sp³-hybridized carbons (Fsp3) is 0.278. The molecule has 1 atom stereocenters. The molecule has 0 amide bonds. The van der Waals surface area contributed by atoms with E-state index in [2.05, 4.69) is 16.3 Å². The summed E-state index contributed by atoms with van der Waals surface area (Å²) in [5.74, 6) is 1.22. The van der Waals surface area contributed by atoms with Gasteiger partial charge in [0.05, 0.1) is 11.8 Å². The number of halogens is 3. The van der Waals surface area contributed by atoms with E-state index in [0.29, 0.717) is 41.7 Å². The molecule has 0 radical (unpaired) electrons. The summed E-state index contributed by atoms with van der Waals surface area (Å²) >= 11 is 0. The number of nitrogens with zero attached hydrogens (tertiary/aromatic N) is 2. The van der Waals surface area contributed by atoms with Gasteiger partial charge in [0.1, 0.15) is 5.75 Å². The highest BCUT2D eigenvalue weighted by molar-refractivity contribution is 5.69. The molecule has 1 aromatic heterocycles. The van der Waals surface area contributed by atoms with Crippen LogP contribution in [0.1, 0.15) is 13.3 Å². The molecule has 0 saturated carbocycles. The zero-order valence-electron chi connectivity index (χ0n) is 14.0. The molecule has 0 bridgehead atoms. The van der Waals surface area contributed by atoms with Gasteiger partial charge in [-0.2, -0.15) is 0 Å². The number of hydrogen-bond acceptors (Lipinski definition) is 5. The Kier molecular flexibility index (Phi) is 4.78. The largest absolute Gasteiger partial charge is 0.573 e. The summed E-state index contributed by atoms with van der Waals surface area (Å²) in [6, 6.07) is 8.91. The van der Waals surface area contributed by atoms with Crippen LogP contribution in [-0.4, -0.2) is 29.1 Å². The van der Waals surface area contributed by atoms with E-state index in [4.69, 9.17) is 4.74 Å². The van der Waals surface area contributed by atoms with Crippen LogP contribution < -0.4 is 14.4 Å². The van der Waals surface area contributed by atoms with Crippen LogP contribution in [0.15, 0.2) is 48.9 Å². The monoisotopic (exact) mass is 366 g/mol. The zero-order chi connectivity index (χ0) is 18.9. The minimum Gasteiger partial charge on any atom is -0.438 e. The van der Waals surface area contributed by atoms with E-state index in [1.54, 1.807) is 24.0 Å². The van der Waals surface area contributed by atoms with Gasteiger partial charge in [0.25, 0.3) is 0 Å². The Morgan fingerprint density at radius 3 is 2.54 bits per heavy atom. The van der Waals surface area contributed by atoms with Gasteiger partial charge in [-0.3, -0.25) is 4.90 Å². The second-order valence-corrected chi connectivity index (χ2v) is 5.88. The summed E-state index contributed by atoms with van der Waals surface area (Å²) < 4.78 is 46.2. The quantitative estimate of drug-likeness (QED) is 0.864. The Morgan fingerprint density at radius 2 is 1.92 bits per heavy atom. The van der Waals surface area contributed by atoms with E-state index in [1.165, 1.54) is 24.3 Å². The topological polar surface area (TPSA) is 54.8 Å². The highest BCUT2D eigenvalue weighted by Gasteiger charge is 2.31. The summed E-state index contributed by atoms with van der Waals surface area (Å²) in [5, 5.41) is 9.48. The minimum absolute atomic E-state index is 0.294. The molecular formula is C18H17F3N2O3. The number of rotatable bonds is 5. The molecule has 0 fully saturated rings. The molecular weight excluding hydrogens is 349 g/mol. The van der Waals surface area contributed by atoms with Crippen molar-refractivity contribution in [2.24, 2.45) is 0 Å². The van der Waals surface area contributed by atoms with Crippen LogP contribution in [0.4, 0.5) is 19.0 Å². The van der Waals surface area contributed by atoms with Crippen LogP contribution in [0.5, 0.6) is 11.5 Å². The van der Waals surface area contributed by atoms with E-state index in [9.17, 15) is 18.3 Å². The number of aliphatic hydroxyl groups excluding tert-OH is 1. The standard InChI is InChI=1S/C18H17F3N2O3/c1-11(24)9-10-23-12(2)25-16-8-7-15(22-17(16)23)13-3-5-14(6-4-13)26-18(19,20)21/h3-8,11,24H,2,9-10H2,1H3. The van der Waals surface area contributed by atoms with Gasteiger partial charge in [-0.25, -0.2) is 4.98 Å². The molecule has 0 saturated heterocycles. The van der Waals surface area contributed by atoms with Gasteiger partial charge < -0.3 is 14.6 Å². The highest BCUT2D eigenvalue weighted by Crippen LogP contribution is 2.38. The lowest BCUT2D eigenvalue weighted by Gasteiger charge is -2.17. The van der Waals surface area contributed by atoms with Crippen molar-refractivity contribution in [1.82, 2.24) is 4.98 Å². The Morgan fingerprint density at radius 1 is 1.23 bits per heavy atom.